The van der Waals surface area contributed by atoms with Crippen molar-refractivity contribution < 1.29 is 4.79 Å². The van der Waals surface area contributed by atoms with Crippen molar-refractivity contribution in [1.29, 1.82) is 0 Å². The Morgan fingerprint density at radius 1 is 1.29 bits per heavy atom. The zero-order chi connectivity index (χ0) is 14.2. The van der Waals surface area contributed by atoms with Crippen LogP contribution in [0.4, 0.5) is 0 Å². The quantitative estimate of drug-likeness (QED) is 0.788. The van der Waals surface area contributed by atoms with Crippen molar-refractivity contribution in [2.24, 2.45) is 5.41 Å². The Morgan fingerprint density at radius 2 is 2.00 bits per heavy atom. The standard InChI is InChI=1S/C15H18BrClN2O.ClH/c16-11-1-2-13(17)12(9-11)14(20)19-7-4-15(5-8-19)3-6-18-10-15;/h1-2,9,18H,3-8,10H2;1H. The number of rotatable bonds is 1. The third-order valence-electron chi connectivity index (χ3n) is 4.60. The van der Waals surface area contributed by atoms with Gasteiger partial charge in [0, 0.05) is 24.1 Å². The van der Waals surface area contributed by atoms with Gasteiger partial charge < -0.3 is 10.2 Å². The van der Waals surface area contributed by atoms with Gasteiger partial charge in [-0.1, -0.05) is 27.5 Å². The van der Waals surface area contributed by atoms with Gasteiger partial charge in [-0.3, -0.25) is 4.79 Å². The first kappa shape index (κ1) is 17.1. The summed E-state index contributed by atoms with van der Waals surface area (Å²) in [7, 11) is 0. The van der Waals surface area contributed by atoms with Crippen LogP contribution in [0.3, 0.4) is 0 Å². The smallest absolute Gasteiger partial charge is 0.255 e. The molecule has 1 amide bonds. The zero-order valence-electron chi connectivity index (χ0n) is 11.7. The molecular weight excluding hydrogens is 375 g/mol. The fourth-order valence-corrected chi connectivity index (χ4v) is 3.80. The molecule has 2 fully saturated rings. The lowest BCUT2D eigenvalue weighted by Crippen LogP contribution is -2.44. The predicted molar refractivity (Wildman–Crippen MR) is 91.5 cm³/mol. The molecular formula is C15H19BrCl2N2O. The number of hydrogen-bond donors (Lipinski definition) is 1. The van der Waals surface area contributed by atoms with Crippen LogP contribution in [-0.2, 0) is 0 Å². The third kappa shape index (κ3) is 3.55. The van der Waals surface area contributed by atoms with Crippen LogP contribution >= 0.6 is 39.9 Å². The monoisotopic (exact) mass is 392 g/mol. The molecule has 0 atom stereocenters. The average Bonchev–Trinajstić information content (AvgIpc) is 2.90. The van der Waals surface area contributed by atoms with Gasteiger partial charge in [0.05, 0.1) is 10.6 Å². The molecule has 0 bridgehead atoms. The van der Waals surface area contributed by atoms with Gasteiger partial charge in [-0.25, -0.2) is 0 Å². The van der Waals surface area contributed by atoms with Crippen molar-refractivity contribution in [3.05, 3.63) is 33.3 Å². The fraction of sp³-hybridized carbons (Fsp3) is 0.533. The van der Waals surface area contributed by atoms with E-state index in [9.17, 15) is 4.79 Å². The Kier molecular flexibility index (Phi) is 5.58. The molecule has 1 aromatic carbocycles. The van der Waals surface area contributed by atoms with E-state index in [0.29, 0.717) is 16.0 Å². The number of carbonyl (C=O) groups excluding carboxylic acids is 1. The molecule has 2 saturated heterocycles. The minimum Gasteiger partial charge on any atom is -0.339 e. The van der Waals surface area contributed by atoms with Crippen molar-refractivity contribution in [2.45, 2.75) is 19.3 Å². The molecule has 1 spiro atoms. The fourth-order valence-electron chi connectivity index (χ4n) is 3.24. The molecule has 6 heteroatoms. The molecule has 0 aliphatic carbocycles. The summed E-state index contributed by atoms with van der Waals surface area (Å²) in [5, 5.41) is 3.97. The van der Waals surface area contributed by atoms with Gasteiger partial charge in [-0.05, 0) is 49.4 Å². The molecule has 2 heterocycles. The molecule has 1 aromatic rings. The summed E-state index contributed by atoms with van der Waals surface area (Å²) in [5.74, 6) is 0.0529. The Bertz CT molecular complexity index is 522. The van der Waals surface area contributed by atoms with Gasteiger partial charge >= 0.3 is 0 Å². The average molecular weight is 394 g/mol. The van der Waals surface area contributed by atoms with E-state index in [1.807, 2.05) is 17.0 Å². The maximum atomic E-state index is 12.6. The van der Waals surface area contributed by atoms with E-state index in [4.69, 9.17) is 11.6 Å². The van der Waals surface area contributed by atoms with Crippen molar-refractivity contribution in [3.8, 4) is 0 Å². The number of amides is 1. The number of likely N-dealkylation sites (tertiary alicyclic amines) is 1. The van der Waals surface area contributed by atoms with Crippen LogP contribution in [0.25, 0.3) is 0 Å². The number of hydrogen-bond acceptors (Lipinski definition) is 2. The number of nitrogens with one attached hydrogen (secondary N) is 1. The topological polar surface area (TPSA) is 32.3 Å². The lowest BCUT2D eigenvalue weighted by atomic mass is 9.78. The Morgan fingerprint density at radius 3 is 2.62 bits per heavy atom. The normalized spacial score (nSPS) is 20.4. The summed E-state index contributed by atoms with van der Waals surface area (Å²) in [6, 6.07) is 5.44. The van der Waals surface area contributed by atoms with Crippen molar-refractivity contribution in [2.75, 3.05) is 26.2 Å². The van der Waals surface area contributed by atoms with E-state index in [-0.39, 0.29) is 18.3 Å². The molecule has 0 aromatic heterocycles. The second-order valence-electron chi connectivity index (χ2n) is 5.84. The molecule has 3 nitrogen and oxygen atoms in total. The van der Waals surface area contributed by atoms with Gasteiger partial charge in [0.25, 0.3) is 5.91 Å². The van der Waals surface area contributed by atoms with Gasteiger partial charge in [-0.2, -0.15) is 0 Å². The molecule has 2 aliphatic heterocycles. The molecule has 116 valence electrons. The SMILES string of the molecule is Cl.O=C(c1cc(Br)ccc1Cl)N1CCC2(CCNC2)CC1. The van der Waals surface area contributed by atoms with Gasteiger partial charge in [-0.15, -0.1) is 12.4 Å². The maximum absolute atomic E-state index is 12.6. The summed E-state index contributed by atoms with van der Waals surface area (Å²) in [6.45, 7) is 3.89. The van der Waals surface area contributed by atoms with Crippen LogP contribution in [0.2, 0.25) is 5.02 Å². The van der Waals surface area contributed by atoms with E-state index >= 15 is 0 Å². The minimum absolute atomic E-state index is 0. The number of piperidine rings is 1. The third-order valence-corrected chi connectivity index (χ3v) is 5.43. The summed E-state index contributed by atoms with van der Waals surface area (Å²) in [5.41, 5.74) is 1.03. The highest BCUT2D eigenvalue weighted by Crippen LogP contribution is 2.37. The molecule has 3 rings (SSSR count). The first-order valence-corrected chi connectivity index (χ1v) is 8.22. The number of nitrogens with zero attached hydrogens (tertiary/aromatic N) is 1. The van der Waals surface area contributed by atoms with Crippen molar-refractivity contribution in [1.82, 2.24) is 10.2 Å². The summed E-state index contributed by atoms with van der Waals surface area (Å²) < 4.78 is 0.888. The van der Waals surface area contributed by atoms with Crippen LogP contribution < -0.4 is 5.32 Å². The number of benzene rings is 1. The van der Waals surface area contributed by atoms with Crippen LogP contribution in [0.5, 0.6) is 0 Å². The van der Waals surface area contributed by atoms with Gasteiger partial charge in [0.1, 0.15) is 0 Å². The Labute approximate surface area is 144 Å². The zero-order valence-corrected chi connectivity index (χ0v) is 14.9. The summed E-state index contributed by atoms with van der Waals surface area (Å²) in [6.07, 6.45) is 3.43. The molecule has 0 saturated carbocycles. The second-order valence-corrected chi connectivity index (χ2v) is 7.17. The lowest BCUT2D eigenvalue weighted by Gasteiger charge is -2.39. The van der Waals surface area contributed by atoms with E-state index in [1.54, 1.807) is 6.07 Å². The highest BCUT2D eigenvalue weighted by molar-refractivity contribution is 9.10. The van der Waals surface area contributed by atoms with Crippen LogP contribution in [0.1, 0.15) is 29.6 Å². The molecule has 2 aliphatic rings. The summed E-state index contributed by atoms with van der Waals surface area (Å²) in [4.78, 5) is 14.5. The second kappa shape index (κ2) is 6.86. The Hall–Kier alpha value is -0.290. The van der Waals surface area contributed by atoms with Crippen LogP contribution in [0.15, 0.2) is 22.7 Å². The Balaban J connectivity index is 0.00000161. The van der Waals surface area contributed by atoms with E-state index < -0.39 is 0 Å². The first-order valence-electron chi connectivity index (χ1n) is 7.05. The highest BCUT2D eigenvalue weighted by atomic mass is 79.9. The molecule has 21 heavy (non-hydrogen) atoms. The maximum Gasteiger partial charge on any atom is 0.255 e. The first-order chi connectivity index (χ1) is 9.60. The number of halogens is 3. The van der Waals surface area contributed by atoms with E-state index in [2.05, 4.69) is 21.2 Å². The van der Waals surface area contributed by atoms with Gasteiger partial charge in [0.2, 0.25) is 0 Å². The lowest BCUT2D eigenvalue weighted by molar-refractivity contribution is 0.0608. The van der Waals surface area contributed by atoms with E-state index in [0.717, 1.165) is 43.5 Å². The molecule has 1 N–H and O–H groups in total. The van der Waals surface area contributed by atoms with Crippen LogP contribution in [-0.4, -0.2) is 37.0 Å². The molecule has 0 radical (unpaired) electrons. The molecule has 0 unspecified atom stereocenters. The highest BCUT2D eigenvalue weighted by Gasteiger charge is 2.38. The summed E-state index contributed by atoms with van der Waals surface area (Å²) >= 11 is 9.55. The van der Waals surface area contributed by atoms with Crippen molar-refractivity contribution >= 4 is 45.8 Å². The predicted octanol–water partition coefficient (Wildman–Crippen LogP) is 3.74. The minimum atomic E-state index is 0. The largest absolute Gasteiger partial charge is 0.339 e. The van der Waals surface area contributed by atoms with E-state index in [1.165, 1.54) is 6.42 Å². The van der Waals surface area contributed by atoms with Gasteiger partial charge in [0.15, 0.2) is 0 Å². The van der Waals surface area contributed by atoms with Crippen molar-refractivity contribution in [3.63, 3.8) is 0 Å². The number of carbonyl (C=O) groups is 1. The van der Waals surface area contributed by atoms with Crippen LogP contribution in [0, 0.1) is 5.41 Å².